The molecule has 0 unspecified atom stereocenters. The lowest BCUT2D eigenvalue weighted by Gasteiger charge is -2.26. The summed E-state index contributed by atoms with van der Waals surface area (Å²) >= 11 is 0. The van der Waals surface area contributed by atoms with Gasteiger partial charge in [-0.1, -0.05) is 36.4 Å². The normalized spacial score (nSPS) is 13.3. The Morgan fingerprint density at radius 3 is 2.69 bits per heavy atom. The molecule has 2 aromatic carbocycles. The standard InChI is InChI=1S/C22H19N5O2/c28-21-16(12-14-6-4-5-9-17(14)26-21)20-24-18-10-11-27(13-19(18)25-20)22(29)23-15-7-2-1-3-8-15/h1-9,12H,10-11,13H2,(H,23,29)(H,24,25)(H,26,28). The number of nitrogens with one attached hydrogen (secondary N) is 3. The maximum atomic E-state index is 12.6. The molecule has 2 aromatic heterocycles. The van der Waals surface area contributed by atoms with Gasteiger partial charge in [0.05, 0.1) is 23.5 Å². The van der Waals surface area contributed by atoms with E-state index in [1.165, 1.54) is 0 Å². The molecule has 0 aliphatic carbocycles. The Morgan fingerprint density at radius 2 is 1.83 bits per heavy atom. The Balaban J connectivity index is 1.40. The van der Waals surface area contributed by atoms with Crippen molar-refractivity contribution in [3.05, 3.63) is 82.4 Å². The van der Waals surface area contributed by atoms with E-state index in [4.69, 9.17) is 0 Å². The van der Waals surface area contributed by atoms with Gasteiger partial charge in [0.15, 0.2) is 0 Å². The Bertz CT molecular complexity index is 1260. The van der Waals surface area contributed by atoms with E-state index in [2.05, 4.69) is 20.3 Å². The molecule has 0 fully saturated rings. The summed E-state index contributed by atoms with van der Waals surface area (Å²) < 4.78 is 0. The maximum absolute atomic E-state index is 12.6. The van der Waals surface area contributed by atoms with Crippen molar-refractivity contribution < 1.29 is 4.79 Å². The zero-order valence-corrected chi connectivity index (χ0v) is 15.6. The fourth-order valence-electron chi connectivity index (χ4n) is 3.64. The summed E-state index contributed by atoms with van der Waals surface area (Å²) in [5.41, 5.74) is 3.63. The average Bonchev–Trinajstić information content (AvgIpc) is 3.17. The van der Waals surface area contributed by atoms with Crippen LogP contribution in [0, 0.1) is 0 Å². The molecule has 0 radical (unpaired) electrons. The first kappa shape index (κ1) is 17.2. The van der Waals surface area contributed by atoms with Gasteiger partial charge in [0.25, 0.3) is 5.56 Å². The molecule has 7 nitrogen and oxygen atoms in total. The van der Waals surface area contributed by atoms with Crippen molar-refractivity contribution in [3.8, 4) is 11.4 Å². The quantitative estimate of drug-likeness (QED) is 0.493. The first-order valence-corrected chi connectivity index (χ1v) is 9.48. The van der Waals surface area contributed by atoms with Crippen LogP contribution < -0.4 is 10.9 Å². The van der Waals surface area contributed by atoms with E-state index in [1.54, 1.807) is 4.90 Å². The van der Waals surface area contributed by atoms with Crippen molar-refractivity contribution in [3.63, 3.8) is 0 Å². The molecule has 1 aliphatic heterocycles. The number of aromatic nitrogens is 3. The molecule has 0 saturated heterocycles. The van der Waals surface area contributed by atoms with E-state index in [-0.39, 0.29) is 11.6 Å². The highest BCUT2D eigenvalue weighted by molar-refractivity contribution is 5.89. The van der Waals surface area contributed by atoms with E-state index in [1.807, 2.05) is 60.7 Å². The van der Waals surface area contributed by atoms with Gasteiger partial charge in [-0.3, -0.25) is 4.79 Å². The summed E-state index contributed by atoms with van der Waals surface area (Å²) in [4.78, 5) is 37.6. The lowest BCUT2D eigenvalue weighted by atomic mass is 10.1. The van der Waals surface area contributed by atoms with Crippen molar-refractivity contribution >= 4 is 22.6 Å². The minimum atomic E-state index is -0.187. The number of benzene rings is 2. The number of pyridine rings is 1. The number of rotatable bonds is 2. The highest BCUT2D eigenvalue weighted by atomic mass is 16.2. The summed E-state index contributed by atoms with van der Waals surface area (Å²) in [5.74, 6) is 0.535. The average molecular weight is 385 g/mol. The molecule has 5 rings (SSSR count). The fourth-order valence-corrected chi connectivity index (χ4v) is 3.64. The number of hydrogen-bond donors (Lipinski definition) is 3. The Morgan fingerprint density at radius 1 is 1.03 bits per heavy atom. The molecule has 0 spiro atoms. The molecular weight excluding hydrogens is 366 g/mol. The smallest absolute Gasteiger partial charge is 0.322 e. The summed E-state index contributed by atoms with van der Waals surface area (Å²) in [7, 11) is 0. The highest BCUT2D eigenvalue weighted by Crippen LogP contribution is 2.23. The second-order valence-electron chi connectivity index (χ2n) is 7.08. The van der Waals surface area contributed by atoms with E-state index >= 15 is 0 Å². The monoisotopic (exact) mass is 385 g/mol. The van der Waals surface area contributed by atoms with Crippen LogP contribution in [-0.2, 0) is 13.0 Å². The van der Waals surface area contributed by atoms with Gasteiger partial charge in [-0.2, -0.15) is 0 Å². The van der Waals surface area contributed by atoms with Gasteiger partial charge in [0.2, 0.25) is 0 Å². The van der Waals surface area contributed by atoms with Gasteiger partial charge < -0.3 is 20.2 Å². The van der Waals surface area contributed by atoms with Crippen LogP contribution in [0.4, 0.5) is 10.5 Å². The van der Waals surface area contributed by atoms with Gasteiger partial charge in [-0.05, 0) is 29.7 Å². The predicted octanol–water partition coefficient (Wildman–Crippen LogP) is 3.51. The molecule has 29 heavy (non-hydrogen) atoms. The number of fused-ring (bicyclic) bond motifs is 2. The topological polar surface area (TPSA) is 93.9 Å². The molecule has 7 heteroatoms. The fraction of sp³-hybridized carbons (Fsp3) is 0.136. The minimum Gasteiger partial charge on any atom is -0.340 e. The van der Waals surface area contributed by atoms with Gasteiger partial charge in [0, 0.05) is 24.2 Å². The summed E-state index contributed by atoms with van der Waals surface area (Å²) in [5, 5.41) is 3.85. The lowest BCUT2D eigenvalue weighted by molar-refractivity contribution is 0.205. The van der Waals surface area contributed by atoms with E-state index in [0.717, 1.165) is 28.0 Å². The molecular formula is C22H19N5O2. The van der Waals surface area contributed by atoms with Crippen molar-refractivity contribution in [1.29, 1.82) is 0 Å². The third kappa shape index (κ3) is 3.27. The second-order valence-corrected chi connectivity index (χ2v) is 7.08. The van der Waals surface area contributed by atoms with Crippen LogP contribution in [-0.4, -0.2) is 32.4 Å². The van der Waals surface area contributed by atoms with E-state index in [9.17, 15) is 9.59 Å². The van der Waals surface area contributed by atoms with Crippen molar-refractivity contribution in [2.24, 2.45) is 0 Å². The van der Waals surface area contributed by atoms with Crippen LogP contribution in [0.2, 0.25) is 0 Å². The van der Waals surface area contributed by atoms with Crippen LogP contribution in [0.3, 0.4) is 0 Å². The van der Waals surface area contributed by atoms with Crippen molar-refractivity contribution in [1.82, 2.24) is 19.9 Å². The SMILES string of the molecule is O=C(Nc1ccccc1)N1CCc2nc(-c3cc4ccccc4[nH]c3=O)[nH]c2C1. The van der Waals surface area contributed by atoms with Gasteiger partial charge in [0.1, 0.15) is 5.82 Å². The van der Waals surface area contributed by atoms with E-state index < -0.39 is 0 Å². The van der Waals surface area contributed by atoms with E-state index in [0.29, 0.717) is 30.9 Å². The van der Waals surface area contributed by atoms with Crippen LogP contribution >= 0.6 is 0 Å². The number of urea groups is 1. The number of para-hydroxylation sites is 2. The molecule has 3 N–H and O–H groups in total. The third-order valence-corrected chi connectivity index (χ3v) is 5.15. The predicted molar refractivity (Wildman–Crippen MR) is 112 cm³/mol. The molecule has 1 aliphatic rings. The molecule has 144 valence electrons. The van der Waals surface area contributed by atoms with Crippen LogP contribution in [0.25, 0.3) is 22.3 Å². The Labute approximate surface area is 166 Å². The molecule has 0 saturated carbocycles. The van der Waals surface area contributed by atoms with Crippen LogP contribution in [0.5, 0.6) is 0 Å². The van der Waals surface area contributed by atoms with Crippen LogP contribution in [0.1, 0.15) is 11.4 Å². The Kier molecular flexibility index (Phi) is 4.13. The lowest BCUT2D eigenvalue weighted by Crippen LogP contribution is -2.38. The van der Waals surface area contributed by atoms with Crippen molar-refractivity contribution in [2.75, 3.05) is 11.9 Å². The number of aromatic amines is 2. The number of nitrogens with zero attached hydrogens (tertiary/aromatic N) is 2. The van der Waals surface area contributed by atoms with Gasteiger partial charge in [-0.25, -0.2) is 9.78 Å². The number of anilines is 1. The third-order valence-electron chi connectivity index (χ3n) is 5.15. The molecule has 3 heterocycles. The summed E-state index contributed by atoms with van der Waals surface area (Å²) in [6, 6.07) is 18.7. The largest absolute Gasteiger partial charge is 0.340 e. The number of hydrogen-bond acceptors (Lipinski definition) is 3. The number of H-pyrrole nitrogens is 2. The molecule has 0 atom stereocenters. The van der Waals surface area contributed by atoms with Gasteiger partial charge >= 0.3 is 6.03 Å². The molecule has 0 bridgehead atoms. The van der Waals surface area contributed by atoms with Crippen molar-refractivity contribution in [2.45, 2.75) is 13.0 Å². The van der Waals surface area contributed by atoms with Crippen LogP contribution in [0.15, 0.2) is 65.5 Å². The first-order chi connectivity index (χ1) is 14.2. The number of carbonyl (C=O) groups excluding carboxylic acids is 1. The number of amides is 2. The maximum Gasteiger partial charge on any atom is 0.322 e. The number of imidazole rings is 1. The number of carbonyl (C=O) groups is 1. The molecule has 4 aromatic rings. The minimum absolute atomic E-state index is 0.151. The Hall–Kier alpha value is -3.87. The summed E-state index contributed by atoms with van der Waals surface area (Å²) in [6.45, 7) is 0.997. The second kappa shape index (κ2) is 6.94. The molecule has 2 amide bonds. The first-order valence-electron chi connectivity index (χ1n) is 9.48. The zero-order chi connectivity index (χ0) is 19.8. The summed E-state index contributed by atoms with van der Waals surface area (Å²) in [6.07, 6.45) is 0.638. The highest BCUT2D eigenvalue weighted by Gasteiger charge is 2.24. The van der Waals surface area contributed by atoms with Gasteiger partial charge in [-0.15, -0.1) is 0 Å². The zero-order valence-electron chi connectivity index (χ0n) is 15.6.